The van der Waals surface area contributed by atoms with Crippen LogP contribution in [0.4, 0.5) is 0 Å². The highest BCUT2D eigenvalue weighted by Gasteiger charge is 2.27. The fourth-order valence-corrected chi connectivity index (χ4v) is 2.68. The molecule has 0 heterocycles. The zero-order valence-electron chi connectivity index (χ0n) is 17.7. The van der Waals surface area contributed by atoms with Gasteiger partial charge in [-0.15, -0.1) is 0 Å². The first-order chi connectivity index (χ1) is 15.5. The monoisotopic (exact) mass is 465 g/mol. The smallest absolute Gasteiger partial charge is 0.326 e. The van der Waals surface area contributed by atoms with Gasteiger partial charge in [0.25, 0.3) is 0 Å². The topological polar surface area (TPSA) is 231 Å². The first-order valence-corrected chi connectivity index (χ1v) is 9.89. The van der Waals surface area contributed by atoms with E-state index in [9.17, 15) is 33.9 Å². The molecular formula is C20H27N5O8. The number of carboxylic acids is 2. The number of carbonyl (C=O) groups is 6. The maximum atomic E-state index is 12.3. The predicted molar refractivity (Wildman–Crippen MR) is 113 cm³/mol. The van der Waals surface area contributed by atoms with E-state index in [-0.39, 0.29) is 19.3 Å². The molecule has 13 heteroatoms. The predicted octanol–water partition coefficient (Wildman–Crippen LogP) is -2.53. The average Bonchev–Trinajstić information content (AvgIpc) is 2.75. The van der Waals surface area contributed by atoms with E-state index in [2.05, 4.69) is 16.0 Å². The lowest BCUT2D eigenvalue weighted by Crippen LogP contribution is -2.54. The summed E-state index contributed by atoms with van der Waals surface area (Å²) in [5.74, 6) is -6.06. The summed E-state index contributed by atoms with van der Waals surface area (Å²) < 4.78 is 0. The van der Waals surface area contributed by atoms with Crippen molar-refractivity contribution in [3.8, 4) is 0 Å². The summed E-state index contributed by atoms with van der Waals surface area (Å²) in [5.41, 5.74) is 11.2. The van der Waals surface area contributed by atoms with Crippen molar-refractivity contribution in [2.45, 2.75) is 43.8 Å². The molecule has 0 aliphatic rings. The van der Waals surface area contributed by atoms with Gasteiger partial charge in [-0.05, 0) is 12.0 Å². The van der Waals surface area contributed by atoms with Crippen LogP contribution in [-0.4, -0.2) is 70.5 Å². The van der Waals surface area contributed by atoms with E-state index in [1.54, 1.807) is 30.3 Å². The number of benzene rings is 1. The molecule has 1 aromatic carbocycles. The summed E-state index contributed by atoms with van der Waals surface area (Å²) in [4.78, 5) is 69.8. The number of primary amides is 1. The van der Waals surface area contributed by atoms with Crippen LogP contribution >= 0.6 is 0 Å². The van der Waals surface area contributed by atoms with Crippen LogP contribution in [0.15, 0.2) is 30.3 Å². The largest absolute Gasteiger partial charge is 0.481 e. The van der Waals surface area contributed by atoms with Gasteiger partial charge in [0.2, 0.25) is 23.6 Å². The molecule has 0 aromatic heterocycles. The van der Waals surface area contributed by atoms with Crippen LogP contribution < -0.4 is 27.4 Å². The van der Waals surface area contributed by atoms with E-state index in [1.165, 1.54) is 0 Å². The van der Waals surface area contributed by atoms with Gasteiger partial charge in [-0.3, -0.25) is 24.0 Å². The Balaban J connectivity index is 2.66. The molecule has 13 nitrogen and oxygen atoms in total. The van der Waals surface area contributed by atoms with Crippen molar-refractivity contribution < 1.29 is 39.0 Å². The second-order valence-electron chi connectivity index (χ2n) is 7.14. The Hall–Kier alpha value is -4.00. The van der Waals surface area contributed by atoms with E-state index in [1.807, 2.05) is 0 Å². The fraction of sp³-hybridized carbons (Fsp3) is 0.400. The molecule has 0 fully saturated rings. The van der Waals surface area contributed by atoms with Crippen molar-refractivity contribution in [2.24, 2.45) is 11.5 Å². The highest BCUT2D eigenvalue weighted by molar-refractivity contribution is 5.94. The molecule has 1 aromatic rings. The van der Waals surface area contributed by atoms with Gasteiger partial charge in [0.15, 0.2) is 0 Å². The van der Waals surface area contributed by atoms with Crippen molar-refractivity contribution in [2.75, 3.05) is 6.54 Å². The highest BCUT2D eigenvalue weighted by Crippen LogP contribution is 2.03. The van der Waals surface area contributed by atoms with Crippen LogP contribution in [0.5, 0.6) is 0 Å². The number of nitrogens with one attached hydrogen (secondary N) is 3. The Kier molecular flexibility index (Phi) is 11.0. The number of aliphatic carboxylic acids is 2. The van der Waals surface area contributed by atoms with Crippen LogP contribution in [0.3, 0.4) is 0 Å². The van der Waals surface area contributed by atoms with Gasteiger partial charge in [0.05, 0.1) is 19.0 Å². The third kappa shape index (κ3) is 10.7. The molecule has 180 valence electrons. The third-order valence-electron chi connectivity index (χ3n) is 4.39. The lowest BCUT2D eigenvalue weighted by molar-refractivity contribution is -0.142. The standard InChI is InChI=1S/C20H27N5O8/c21-12(6-7-15(22)26)18(30)25-13(9-17(28)29)19(31)23-10-16(27)24-14(20(32)33)8-11-4-2-1-3-5-11/h1-5,12-14H,6-10,21H2,(H2,22,26)(H,23,31)(H,24,27)(H,25,30)(H,28,29)(H,32,33). The van der Waals surface area contributed by atoms with Crippen LogP contribution in [0.25, 0.3) is 0 Å². The molecule has 0 spiro atoms. The minimum Gasteiger partial charge on any atom is -0.481 e. The van der Waals surface area contributed by atoms with Crippen LogP contribution in [0.2, 0.25) is 0 Å². The molecule has 33 heavy (non-hydrogen) atoms. The van der Waals surface area contributed by atoms with E-state index < -0.39 is 66.7 Å². The first-order valence-electron chi connectivity index (χ1n) is 9.89. The Morgan fingerprint density at radius 1 is 0.909 bits per heavy atom. The molecule has 0 saturated carbocycles. The Morgan fingerprint density at radius 2 is 1.55 bits per heavy atom. The third-order valence-corrected chi connectivity index (χ3v) is 4.39. The van der Waals surface area contributed by atoms with E-state index in [0.29, 0.717) is 5.56 Å². The number of amides is 4. The number of carboxylic acid groups (broad SMARTS) is 2. The molecule has 4 amide bonds. The van der Waals surface area contributed by atoms with Crippen molar-refractivity contribution in [3.63, 3.8) is 0 Å². The molecule has 3 atom stereocenters. The van der Waals surface area contributed by atoms with Gasteiger partial charge in [-0.2, -0.15) is 0 Å². The molecule has 3 unspecified atom stereocenters. The maximum absolute atomic E-state index is 12.3. The Bertz CT molecular complexity index is 876. The molecule has 0 aliphatic carbocycles. The number of rotatable bonds is 14. The van der Waals surface area contributed by atoms with Crippen LogP contribution in [0.1, 0.15) is 24.8 Å². The van der Waals surface area contributed by atoms with Gasteiger partial charge < -0.3 is 37.6 Å². The van der Waals surface area contributed by atoms with Crippen molar-refractivity contribution >= 4 is 35.6 Å². The summed E-state index contributed by atoms with van der Waals surface area (Å²) in [6, 6.07) is 4.55. The second kappa shape index (κ2) is 13.4. The van der Waals surface area contributed by atoms with Crippen molar-refractivity contribution in [3.05, 3.63) is 35.9 Å². The lowest BCUT2D eigenvalue weighted by Gasteiger charge is -2.20. The summed E-state index contributed by atoms with van der Waals surface area (Å²) in [6.45, 7) is -0.656. The summed E-state index contributed by atoms with van der Waals surface area (Å²) >= 11 is 0. The minimum atomic E-state index is -1.55. The number of carbonyl (C=O) groups excluding carboxylic acids is 4. The highest BCUT2D eigenvalue weighted by atomic mass is 16.4. The molecule has 1 rings (SSSR count). The number of hydrogen-bond donors (Lipinski definition) is 7. The van der Waals surface area contributed by atoms with Gasteiger partial charge in [-0.25, -0.2) is 4.79 Å². The summed E-state index contributed by atoms with van der Waals surface area (Å²) in [5, 5.41) is 24.9. The molecule has 0 aliphatic heterocycles. The number of nitrogens with two attached hydrogens (primary N) is 2. The Morgan fingerprint density at radius 3 is 2.09 bits per heavy atom. The van der Waals surface area contributed by atoms with Gasteiger partial charge in [-0.1, -0.05) is 30.3 Å². The zero-order chi connectivity index (χ0) is 25.0. The lowest BCUT2D eigenvalue weighted by atomic mass is 10.1. The molecule has 0 saturated heterocycles. The van der Waals surface area contributed by atoms with Crippen molar-refractivity contribution in [1.82, 2.24) is 16.0 Å². The van der Waals surface area contributed by atoms with E-state index in [0.717, 1.165) is 0 Å². The summed E-state index contributed by atoms with van der Waals surface area (Å²) in [7, 11) is 0. The number of hydrogen-bond acceptors (Lipinski definition) is 7. The fourth-order valence-electron chi connectivity index (χ4n) is 2.68. The van der Waals surface area contributed by atoms with Gasteiger partial charge >= 0.3 is 11.9 Å². The quantitative estimate of drug-likeness (QED) is 0.153. The maximum Gasteiger partial charge on any atom is 0.326 e. The van der Waals surface area contributed by atoms with Crippen LogP contribution in [0, 0.1) is 0 Å². The molecular weight excluding hydrogens is 438 g/mol. The zero-order valence-corrected chi connectivity index (χ0v) is 17.7. The summed E-state index contributed by atoms with van der Waals surface area (Å²) in [6.07, 6.45) is -1.08. The molecule has 0 bridgehead atoms. The molecule has 9 N–H and O–H groups in total. The van der Waals surface area contributed by atoms with E-state index in [4.69, 9.17) is 16.6 Å². The second-order valence-corrected chi connectivity index (χ2v) is 7.14. The minimum absolute atomic E-state index is 0.0107. The SMILES string of the molecule is NC(=O)CCC(N)C(=O)NC(CC(=O)O)C(=O)NCC(=O)NC(Cc1ccccc1)C(=O)O. The normalized spacial score (nSPS) is 13.1. The van der Waals surface area contributed by atoms with Gasteiger partial charge in [0, 0.05) is 12.8 Å². The van der Waals surface area contributed by atoms with Crippen molar-refractivity contribution in [1.29, 1.82) is 0 Å². The van der Waals surface area contributed by atoms with Crippen LogP contribution in [-0.2, 0) is 35.2 Å². The first kappa shape index (κ1) is 27.0. The average molecular weight is 465 g/mol. The molecule has 0 radical (unpaired) electrons. The Labute approximate surface area is 188 Å². The van der Waals surface area contributed by atoms with Gasteiger partial charge in [0.1, 0.15) is 12.1 Å². The van der Waals surface area contributed by atoms with E-state index >= 15 is 0 Å².